The van der Waals surface area contributed by atoms with E-state index < -0.39 is 0 Å². The monoisotopic (exact) mass is 287 g/mol. The largest absolute Gasteiger partial charge is 0.374 e. The first-order valence-electron chi connectivity index (χ1n) is 8.27. The Kier molecular flexibility index (Phi) is 4.91. The van der Waals surface area contributed by atoms with Crippen LogP contribution in [0.15, 0.2) is 30.3 Å². The van der Waals surface area contributed by atoms with E-state index in [1.165, 1.54) is 24.8 Å². The highest BCUT2D eigenvalue weighted by molar-refractivity contribution is 5.79. The molecule has 1 unspecified atom stereocenters. The molecule has 0 radical (unpaired) electrons. The van der Waals surface area contributed by atoms with Gasteiger partial charge in [0.1, 0.15) is 0 Å². The first-order valence-corrected chi connectivity index (χ1v) is 8.27. The van der Waals surface area contributed by atoms with Gasteiger partial charge in [0.2, 0.25) is 5.91 Å². The van der Waals surface area contributed by atoms with Crippen LogP contribution in [0.4, 0.5) is 0 Å². The lowest BCUT2D eigenvalue weighted by molar-refractivity contribution is -0.144. The van der Waals surface area contributed by atoms with Crippen LogP contribution in [0.2, 0.25) is 0 Å². The summed E-state index contributed by atoms with van der Waals surface area (Å²) in [5.74, 6) is 0.644. The number of hydrogen-bond donors (Lipinski definition) is 0. The van der Waals surface area contributed by atoms with Crippen LogP contribution < -0.4 is 0 Å². The second-order valence-electron chi connectivity index (χ2n) is 6.30. The number of hydrogen-bond acceptors (Lipinski definition) is 2. The minimum atomic E-state index is 0.147. The summed E-state index contributed by atoms with van der Waals surface area (Å²) in [6.07, 6.45) is 6.94. The maximum absolute atomic E-state index is 12.6. The predicted molar refractivity (Wildman–Crippen MR) is 83.0 cm³/mol. The smallest absolute Gasteiger partial charge is 0.225 e. The van der Waals surface area contributed by atoms with Crippen LogP contribution in [-0.4, -0.2) is 36.6 Å². The fourth-order valence-corrected chi connectivity index (χ4v) is 3.53. The molecule has 1 atom stereocenters. The van der Waals surface area contributed by atoms with Gasteiger partial charge in [-0.3, -0.25) is 4.79 Å². The van der Waals surface area contributed by atoms with Gasteiger partial charge in [0.15, 0.2) is 0 Å². The Morgan fingerprint density at radius 3 is 2.67 bits per heavy atom. The third-order valence-electron chi connectivity index (χ3n) is 4.71. The van der Waals surface area contributed by atoms with Crippen molar-refractivity contribution < 1.29 is 9.53 Å². The summed E-state index contributed by atoms with van der Waals surface area (Å²) >= 11 is 0. The molecule has 1 aliphatic heterocycles. The molecule has 3 rings (SSSR count). The van der Waals surface area contributed by atoms with Gasteiger partial charge in [-0.2, -0.15) is 0 Å². The van der Waals surface area contributed by atoms with Crippen molar-refractivity contribution >= 4 is 5.91 Å². The molecule has 1 aromatic rings. The summed E-state index contributed by atoms with van der Waals surface area (Å²) in [4.78, 5) is 14.7. The molecule has 1 heterocycles. The van der Waals surface area contributed by atoms with Crippen molar-refractivity contribution in [3.8, 4) is 0 Å². The van der Waals surface area contributed by atoms with Crippen LogP contribution >= 0.6 is 0 Å². The number of benzene rings is 1. The summed E-state index contributed by atoms with van der Waals surface area (Å²) in [6.45, 7) is 2.20. The summed E-state index contributed by atoms with van der Waals surface area (Å²) in [5, 5.41) is 0. The molecule has 2 aliphatic rings. The average molecular weight is 287 g/mol. The van der Waals surface area contributed by atoms with Gasteiger partial charge in [-0.25, -0.2) is 0 Å². The molecule has 2 fully saturated rings. The first kappa shape index (κ1) is 14.6. The Morgan fingerprint density at radius 2 is 1.90 bits per heavy atom. The number of carbonyl (C=O) groups is 1. The minimum Gasteiger partial charge on any atom is -0.374 e. The van der Waals surface area contributed by atoms with Gasteiger partial charge in [-0.1, -0.05) is 49.6 Å². The van der Waals surface area contributed by atoms with E-state index >= 15 is 0 Å². The Labute approximate surface area is 127 Å². The lowest BCUT2D eigenvalue weighted by atomic mass is 9.88. The maximum atomic E-state index is 12.6. The minimum absolute atomic E-state index is 0.147. The highest BCUT2D eigenvalue weighted by atomic mass is 16.5. The van der Waals surface area contributed by atoms with Crippen LogP contribution in [-0.2, 0) is 16.0 Å². The van der Waals surface area contributed by atoms with Crippen LogP contribution in [0.25, 0.3) is 0 Å². The van der Waals surface area contributed by atoms with E-state index in [0.717, 1.165) is 32.4 Å². The normalized spacial score (nSPS) is 24.0. The van der Waals surface area contributed by atoms with E-state index in [0.29, 0.717) is 12.5 Å². The standard InChI is InChI=1S/C18H25NO2/c20-18(16-9-5-2-6-10-16)19-11-12-21-17(14-19)13-15-7-3-1-4-8-15/h1,3-4,7-8,16-17H,2,5-6,9-14H2. The molecule has 0 bridgehead atoms. The third kappa shape index (κ3) is 3.85. The van der Waals surface area contributed by atoms with Gasteiger partial charge < -0.3 is 9.64 Å². The van der Waals surface area contributed by atoms with Crippen LogP contribution in [0.3, 0.4) is 0 Å². The molecule has 3 nitrogen and oxygen atoms in total. The molecule has 1 saturated carbocycles. The van der Waals surface area contributed by atoms with E-state index in [1.807, 2.05) is 11.0 Å². The highest BCUT2D eigenvalue weighted by Gasteiger charge is 2.30. The van der Waals surface area contributed by atoms with Crippen molar-refractivity contribution in [2.75, 3.05) is 19.7 Å². The van der Waals surface area contributed by atoms with Gasteiger partial charge in [0, 0.05) is 25.4 Å². The topological polar surface area (TPSA) is 29.5 Å². The Bertz CT molecular complexity index is 454. The third-order valence-corrected chi connectivity index (χ3v) is 4.71. The number of rotatable bonds is 3. The van der Waals surface area contributed by atoms with Crippen molar-refractivity contribution in [2.45, 2.75) is 44.6 Å². The molecule has 0 aromatic heterocycles. The van der Waals surface area contributed by atoms with E-state index in [9.17, 15) is 4.79 Å². The molecule has 0 N–H and O–H groups in total. The van der Waals surface area contributed by atoms with Crippen molar-refractivity contribution in [3.05, 3.63) is 35.9 Å². The summed E-state index contributed by atoms with van der Waals surface area (Å²) < 4.78 is 5.86. The van der Waals surface area contributed by atoms with E-state index in [4.69, 9.17) is 4.74 Å². The van der Waals surface area contributed by atoms with E-state index in [2.05, 4.69) is 24.3 Å². The molecule has 21 heavy (non-hydrogen) atoms. The van der Waals surface area contributed by atoms with Gasteiger partial charge in [0.25, 0.3) is 0 Å². The fourth-order valence-electron chi connectivity index (χ4n) is 3.53. The predicted octanol–water partition coefficient (Wildman–Crippen LogP) is 3.04. The quantitative estimate of drug-likeness (QED) is 0.855. The van der Waals surface area contributed by atoms with Gasteiger partial charge in [-0.15, -0.1) is 0 Å². The molecular formula is C18H25NO2. The maximum Gasteiger partial charge on any atom is 0.225 e. The second kappa shape index (κ2) is 7.08. The number of carbonyl (C=O) groups excluding carboxylic acids is 1. The Hall–Kier alpha value is -1.35. The number of nitrogens with zero attached hydrogens (tertiary/aromatic N) is 1. The number of ether oxygens (including phenoxy) is 1. The zero-order chi connectivity index (χ0) is 14.5. The Balaban J connectivity index is 1.56. The first-order chi connectivity index (χ1) is 10.3. The molecule has 1 amide bonds. The number of morpholine rings is 1. The molecule has 1 saturated heterocycles. The van der Waals surface area contributed by atoms with Crippen LogP contribution in [0.1, 0.15) is 37.7 Å². The zero-order valence-electron chi connectivity index (χ0n) is 12.7. The summed E-state index contributed by atoms with van der Waals surface area (Å²) in [7, 11) is 0. The highest BCUT2D eigenvalue weighted by Crippen LogP contribution is 2.26. The second-order valence-corrected chi connectivity index (χ2v) is 6.30. The SMILES string of the molecule is O=C(C1CCCCC1)N1CCOC(Cc2ccccc2)C1. The molecule has 1 aliphatic carbocycles. The van der Waals surface area contributed by atoms with Crippen molar-refractivity contribution in [3.63, 3.8) is 0 Å². The lowest BCUT2D eigenvalue weighted by Gasteiger charge is -2.36. The van der Waals surface area contributed by atoms with Gasteiger partial charge >= 0.3 is 0 Å². The average Bonchev–Trinajstić information content (AvgIpc) is 2.56. The fraction of sp³-hybridized carbons (Fsp3) is 0.611. The van der Waals surface area contributed by atoms with E-state index in [-0.39, 0.29) is 12.0 Å². The van der Waals surface area contributed by atoms with Crippen molar-refractivity contribution in [1.29, 1.82) is 0 Å². The molecule has 3 heteroatoms. The zero-order valence-corrected chi connectivity index (χ0v) is 12.7. The van der Waals surface area contributed by atoms with Crippen LogP contribution in [0, 0.1) is 5.92 Å². The van der Waals surface area contributed by atoms with E-state index in [1.54, 1.807) is 0 Å². The lowest BCUT2D eigenvalue weighted by Crippen LogP contribution is -2.48. The van der Waals surface area contributed by atoms with Crippen LogP contribution in [0.5, 0.6) is 0 Å². The Morgan fingerprint density at radius 1 is 1.14 bits per heavy atom. The molecule has 1 aromatic carbocycles. The molecule has 0 spiro atoms. The van der Waals surface area contributed by atoms with Gasteiger partial charge in [-0.05, 0) is 18.4 Å². The van der Waals surface area contributed by atoms with Crippen molar-refractivity contribution in [2.24, 2.45) is 5.92 Å². The van der Waals surface area contributed by atoms with Crippen molar-refractivity contribution in [1.82, 2.24) is 4.90 Å². The molecule has 114 valence electrons. The molecular weight excluding hydrogens is 262 g/mol. The number of amides is 1. The summed E-state index contributed by atoms with van der Waals surface area (Å²) in [5.41, 5.74) is 1.29. The summed E-state index contributed by atoms with van der Waals surface area (Å²) in [6, 6.07) is 10.4. The van der Waals surface area contributed by atoms with Gasteiger partial charge in [0.05, 0.1) is 12.7 Å².